The topological polar surface area (TPSA) is 58.4 Å². The van der Waals surface area contributed by atoms with E-state index in [2.05, 4.69) is 31.0 Å². The fourth-order valence-corrected chi connectivity index (χ4v) is 2.28. The molecule has 0 heterocycles. The monoisotopic (exact) mass is 257 g/mol. The Labute approximate surface area is 112 Å². The van der Waals surface area contributed by atoms with Crippen LogP contribution in [-0.2, 0) is 4.79 Å². The number of nitrogens with one attached hydrogen (secondary N) is 1. The van der Waals surface area contributed by atoms with Gasteiger partial charge in [0.2, 0.25) is 5.91 Å². The molecule has 0 rings (SSSR count). The highest BCUT2D eigenvalue weighted by atomic mass is 16.1. The average Bonchev–Trinajstić information content (AvgIpc) is 2.34. The van der Waals surface area contributed by atoms with Crippen molar-refractivity contribution in [2.24, 2.45) is 11.7 Å². The zero-order chi connectivity index (χ0) is 14.2. The molecule has 0 aliphatic rings. The van der Waals surface area contributed by atoms with Gasteiger partial charge in [0.05, 0.1) is 0 Å². The number of nitrogens with zero attached hydrogens (tertiary/aromatic N) is 1. The number of hydrogen-bond acceptors (Lipinski definition) is 3. The van der Waals surface area contributed by atoms with E-state index in [4.69, 9.17) is 5.73 Å². The molecule has 0 aliphatic carbocycles. The molecular formula is C14H31N3O. The van der Waals surface area contributed by atoms with Crippen molar-refractivity contribution in [3.05, 3.63) is 0 Å². The van der Waals surface area contributed by atoms with Gasteiger partial charge in [0, 0.05) is 13.1 Å². The molecule has 0 aromatic carbocycles. The summed E-state index contributed by atoms with van der Waals surface area (Å²) in [4.78, 5) is 13.9. The molecule has 18 heavy (non-hydrogen) atoms. The van der Waals surface area contributed by atoms with Crippen LogP contribution in [-0.4, -0.2) is 42.5 Å². The van der Waals surface area contributed by atoms with Gasteiger partial charge in [0.1, 0.15) is 5.54 Å². The van der Waals surface area contributed by atoms with E-state index in [-0.39, 0.29) is 5.91 Å². The Balaban J connectivity index is 4.61. The number of nitrogens with two attached hydrogens (primary N) is 1. The average molecular weight is 257 g/mol. The van der Waals surface area contributed by atoms with Crippen molar-refractivity contribution in [1.82, 2.24) is 10.2 Å². The highest BCUT2D eigenvalue weighted by Crippen LogP contribution is 2.13. The van der Waals surface area contributed by atoms with Crippen molar-refractivity contribution in [3.63, 3.8) is 0 Å². The minimum atomic E-state index is -0.628. The van der Waals surface area contributed by atoms with Crippen LogP contribution in [0.3, 0.4) is 0 Å². The predicted octanol–water partition coefficient (Wildman–Crippen LogP) is 1.60. The van der Waals surface area contributed by atoms with Crippen LogP contribution in [0.5, 0.6) is 0 Å². The van der Waals surface area contributed by atoms with E-state index < -0.39 is 5.54 Å². The van der Waals surface area contributed by atoms with E-state index in [1.54, 1.807) is 0 Å². The molecule has 0 aliphatic heterocycles. The zero-order valence-corrected chi connectivity index (χ0v) is 12.8. The first-order valence-corrected chi connectivity index (χ1v) is 7.20. The third-order valence-electron chi connectivity index (χ3n) is 3.77. The molecule has 1 atom stereocenters. The van der Waals surface area contributed by atoms with Gasteiger partial charge in [-0.2, -0.15) is 0 Å². The van der Waals surface area contributed by atoms with Gasteiger partial charge in [-0.05, 0) is 25.9 Å². The van der Waals surface area contributed by atoms with Gasteiger partial charge in [-0.1, -0.05) is 40.5 Å². The third kappa shape index (κ3) is 5.36. The van der Waals surface area contributed by atoms with Crippen molar-refractivity contribution < 1.29 is 4.79 Å². The summed E-state index contributed by atoms with van der Waals surface area (Å²) in [5.41, 5.74) is 4.90. The molecule has 0 saturated carbocycles. The number of carbonyl (C=O) groups is 1. The lowest BCUT2D eigenvalue weighted by molar-refractivity contribution is -0.124. The summed E-state index contributed by atoms with van der Waals surface area (Å²) >= 11 is 0. The molecule has 0 bridgehead atoms. The van der Waals surface area contributed by atoms with Gasteiger partial charge < -0.3 is 16.0 Å². The normalized spacial score (nSPS) is 15.1. The van der Waals surface area contributed by atoms with Crippen LogP contribution in [0.4, 0.5) is 0 Å². The van der Waals surface area contributed by atoms with Crippen LogP contribution in [0.1, 0.15) is 47.5 Å². The summed E-state index contributed by atoms with van der Waals surface area (Å²) in [5.74, 6) is 0.427. The highest BCUT2D eigenvalue weighted by molar-refractivity contribution is 5.84. The fraction of sp³-hybridized carbons (Fsp3) is 0.929. The van der Waals surface area contributed by atoms with Gasteiger partial charge in [0.25, 0.3) is 0 Å². The van der Waals surface area contributed by atoms with Crippen molar-refractivity contribution in [2.75, 3.05) is 26.2 Å². The quantitative estimate of drug-likeness (QED) is 0.625. The lowest BCUT2D eigenvalue weighted by Gasteiger charge is -2.34. The summed E-state index contributed by atoms with van der Waals surface area (Å²) in [5, 5.41) is 3.22. The highest BCUT2D eigenvalue weighted by Gasteiger charge is 2.32. The molecule has 0 radical (unpaired) electrons. The number of hydrogen-bond donors (Lipinski definition) is 2. The molecule has 108 valence electrons. The van der Waals surface area contributed by atoms with Crippen LogP contribution >= 0.6 is 0 Å². The molecule has 4 nitrogen and oxygen atoms in total. The summed E-state index contributed by atoms with van der Waals surface area (Å²) < 4.78 is 0. The van der Waals surface area contributed by atoms with Crippen LogP contribution in [0.15, 0.2) is 0 Å². The molecule has 0 spiro atoms. The van der Waals surface area contributed by atoms with Gasteiger partial charge >= 0.3 is 0 Å². The van der Waals surface area contributed by atoms with Crippen molar-refractivity contribution in [2.45, 2.75) is 53.0 Å². The number of rotatable bonds is 10. The maximum Gasteiger partial charge on any atom is 0.238 e. The molecule has 0 fully saturated rings. The first-order valence-electron chi connectivity index (χ1n) is 7.20. The number of amides is 1. The Bertz CT molecular complexity index is 241. The van der Waals surface area contributed by atoms with Crippen molar-refractivity contribution >= 4 is 5.91 Å². The maximum absolute atomic E-state index is 11.6. The molecule has 1 unspecified atom stereocenters. The number of likely N-dealkylation sites (N-methyl/N-ethyl adjacent to an activating group) is 2. The van der Waals surface area contributed by atoms with Gasteiger partial charge in [-0.15, -0.1) is 0 Å². The molecular weight excluding hydrogens is 226 g/mol. The van der Waals surface area contributed by atoms with Gasteiger partial charge in [-0.3, -0.25) is 4.79 Å². The van der Waals surface area contributed by atoms with Gasteiger partial charge in [-0.25, -0.2) is 0 Å². The Kier molecular flexibility index (Phi) is 8.20. The second kappa shape index (κ2) is 8.48. The lowest BCUT2D eigenvalue weighted by Crippen LogP contribution is -2.59. The summed E-state index contributed by atoms with van der Waals surface area (Å²) in [6.45, 7) is 13.9. The molecule has 4 heteroatoms. The van der Waals surface area contributed by atoms with Crippen LogP contribution in [0.25, 0.3) is 0 Å². The van der Waals surface area contributed by atoms with Crippen LogP contribution in [0.2, 0.25) is 0 Å². The Morgan fingerprint density at radius 3 is 2.17 bits per heavy atom. The third-order valence-corrected chi connectivity index (χ3v) is 3.77. The summed E-state index contributed by atoms with van der Waals surface area (Å²) in [6.07, 6.45) is 2.36. The molecule has 0 saturated heterocycles. The SMILES string of the molecule is CCNC(C)(CN(CC)CC(CC)CC)C(N)=O. The molecule has 0 aromatic heterocycles. The van der Waals surface area contributed by atoms with Crippen LogP contribution in [0, 0.1) is 5.92 Å². The Morgan fingerprint density at radius 1 is 1.28 bits per heavy atom. The van der Waals surface area contributed by atoms with Gasteiger partial charge in [0.15, 0.2) is 0 Å². The molecule has 0 aromatic rings. The summed E-state index contributed by atoms with van der Waals surface area (Å²) in [7, 11) is 0. The van der Waals surface area contributed by atoms with E-state index in [0.717, 1.165) is 19.6 Å². The second-order valence-electron chi connectivity index (χ2n) is 5.24. The summed E-state index contributed by atoms with van der Waals surface area (Å²) in [6, 6.07) is 0. The Hall–Kier alpha value is -0.610. The van der Waals surface area contributed by atoms with Crippen LogP contribution < -0.4 is 11.1 Å². The largest absolute Gasteiger partial charge is 0.368 e. The molecule has 1 amide bonds. The smallest absolute Gasteiger partial charge is 0.238 e. The van der Waals surface area contributed by atoms with E-state index in [1.807, 2.05) is 13.8 Å². The second-order valence-corrected chi connectivity index (χ2v) is 5.24. The minimum Gasteiger partial charge on any atom is -0.368 e. The number of primary amides is 1. The number of carbonyl (C=O) groups excluding carboxylic acids is 1. The zero-order valence-electron chi connectivity index (χ0n) is 12.8. The predicted molar refractivity (Wildman–Crippen MR) is 77.5 cm³/mol. The lowest BCUT2D eigenvalue weighted by atomic mass is 9.98. The van der Waals surface area contributed by atoms with Crippen molar-refractivity contribution in [1.29, 1.82) is 0 Å². The first kappa shape index (κ1) is 17.4. The van der Waals surface area contributed by atoms with E-state index in [0.29, 0.717) is 12.5 Å². The van der Waals surface area contributed by atoms with Crippen molar-refractivity contribution in [3.8, 4) is 0 Å². The van der Waals surface area contributed by atoms with E-state index >= 15 is 0 Å². The van der Waals surface area contributed by atoms with E-state index in [1.165, 1.54) is 12.8 Å². The molecule has 3 N–H and O–H groups in total. The minimum absolute atomic E-state index is 0.271. The fourth-order valence-electron chi connectivity index (χ4n) is 2.28. The maximum atomic E-state index is 11.6. The van der Waals surface area contributed by atoms with E-state index in [9.17, 15) is 4.79 Å². The first-order chi connectivity index (χ1) is 8.43. The standard InChI is InChI=1S/C14H31N3O/c1-6-12(7-2)10-17(9-4)11-14(5,13(15)18)16-8-3/h12,16H,6-11H2,1-5H3,(H2,15,18). The Morgan fingerprint density at radius 2 is 1.83 bits per heavy atom.